The van der Waals surface area contributed by atoms with E-state index in [1.165, 1.54) is 116 Å². The lowest BCUT2D eigenvalue weighted by Gasteiger charge is -2.18. The van der Waals surface area contributed by atoms with Crippen LogP contribution in [0.1, 0.15) is 213 Å². The highest BCUT2D eigenvalue weighted by Crippen LogP contribution is 2.14. The molecule has 0 N–H and O–H groups in total. The molecule has 50 heavy (non-hydrogen) atoms. The van der Waals surface area contributed by atoms with Gasteiger partial charge in [0.05, 0.1) is 6.61 Å². The van der Waals surface area contributed by atoms with Gasteiger partial charge >= 0.3 is 11.9 Å². The van der Waals surface area contributed by atoms with Crippen LogP contribution in [-0.4, -0.2) is 37.9 Å². The largest absolute Gasteiger partial charge is 0.462 e. The fourth-order valence-electron chi connectivity index (χ4n) is 5.99. The number of hydrogen-bond acceptors (Lipinski definition) is 5. The highest BCUT2D eigenvalue weighted by atomic mass is 16.6. The molecule has 0 aromatic carbocycles. The molecule has 0 amide bonds. The summed E-state index contributed by atoms with van der Waals surface area (Å²) in [7, 11) is 0. The first kappa shape index (κ1) is 48.1. The van der Waals surface area contributed by atoms with Crippen LogP contribution in [0, 0.1) is 0 Å². The van der Waals surface area contributed by atoms with Crippen molar-refractivity contribution in [2.45, 2.75) is 219 Å². The van der Waals surface area contributed by atoms with Crippen molar-refractivity contribution in [3.8, 4) is 0 Å². The van der Waals surface area contributed by atoms with Crippen molar-refractivity contribution >= 4 is 11.9 Å². The SMILES string of the molecule is CC/C=C\C/C=C\C/C=C\CCCCCC(=O)OCC(COCCCCCCCCCCCCCCCC)OC(=O)CCCCCCCCC. The van der Waals surface area contributed by atoms with Crippen molar-refractivity contribution in [2.24, 2.45) is 0 Å². The molecular formula is C45H82O5. The normalized spacial score (nSPS) is 12.5. The van der Waals surface area contributed by atoms with Gasteiger partial charge in [-0.1, -0.05) is 186 Å². The number of allylic oxidation sites excluding steroid dienone is 6. The maximum atomic E-state index is 12.6. The maximum Gasteiger partial charge on any atom is 0.306 e. The third-order valence-electron chi connectivity index (χ3n) is 9.19. The minimum Gasteiger partial charge on any atom is -0.462 e. The monoisotopic (exact) mass is 703 g/mol. The molecule has 0 aromatic rings. The van der Waals surface area contributed by atoms with E-state index in [-0.39, 0.29) is 25.2 Å². The molecule has 0 heterocycles. The molecule has 292 valence electrons. The molecule has 1 unspecified atom stereocenters. The van der Waals surface area contributed by atoms with Crippen LogP contribution < -0.4 is 0 Å². The third-order valence-corrected chi connectivity index (χ3v) is 9.19. The van der Waals surface area contributed by atoms with Gasteiger partial charge in [0, 0.05) is 19.4 Å². The van der Waals surface area contributed by atoms with Crippen molar-refractivity contribution in [3.63, 3.8) is 0 Å². The number of carbonyl (C=O) groups is 2. The van der Waals surface area contributed by atoms with Gasteiger partial charge in [0.25, 0.3) is 0 Å². The minimum atomic E-state index is -0.537. The molecule has 1 atom stereocenters. The van der Waals surface area contributed by atoms with Gasteiger partial charge < -0.3 is 14.2 Å². The smallest absolute Gasteiger partial charge is 0.306 e. The molecule has 0 aliphatic rings. The molecule has 0 saturated carbocycles. The van der Waals surface area contributed by atoms with Crippen molar-refractivity contribution in [1.82, 2.24) is 0 Å². The molecule has 0 aliphatic heterocycles. The number of esters is 2. The second-order valence-corrected chi connectivity index (χ2v) is 14.2. The summed E-state index contributed by atoms with van der Waals surface area (Å²) in [6.45, 7) is 7.66. The van der Waals surface area contributed by atoms with Crippen LogP contribution in [0.15, 0.2) is 36.5 Å². The molecule has 0 aromatic heterocycles. The average molecular weight is 703 g/mol. The van der Waals surface area contributed by atoms with E-state index in [1.54, 1.807) is 0 Å². The third kappa shape index (κ3) is 38.9. The summed E-state index contributed by atoms with van der Waals surface area (Å²) >= 11 is 0. The molecule has 5 nitrogen and oxygen atoms in total. The van der Waals surface area contributed by atoms with E-state index in [4.69, 9.17) is 14.2 Å². The van der Waals surface area contributed by atoms with Crippen LogP contribution in [0.5, 0.6) is 0 Å². The van der Waals surface area contributed by atoms with Gasteiger partial charge in [0.15, 0.2) is 6.10 Å². The Labute approximate surface area is 310 Å². The summed E-state index contributed by atoms with van der Waals surface area (Å²) in [5.41, 5.74) is 0. The van der Waals surface area contributed by atoms with Gasteiger partial charge in [0.1, 0.15) is 6.61 Å². The molecule has 0 radical (unpaired) electrons. The summed E-state index contributed by atoms with van der Waals surface area (Å²) in [4.78, 5) is 25.0. The zero-order chi connectivity index (χ0) is 36.4. The maximum absolute atomic E-state index is 12.6. The van der Waals surface area contributed by atoms with Crippen molar-refractivity contribution in [2.75, 3.05) is 19.8 Å². The quantitative estimate of drug-likeness (QED) is 0.0362. The lowest BCUT2D eigenvalue weighted by molar-refractivity contribution is -0.163. The van der Waals surface area contributed by atoms with E-state index in [0.29, 0.717) is 19.4 Å². The molecule has 0 rings (SSSR count). The van der Waals surface area contributed by atoms with E-state index in [0.717, 1.165) is 64.2 Å². The number of unbranched alkanes of at least 4 members (excludes halogenated alkanes) is 22. The Hall–Kier alpha value is -1.88. The predicted molar refractivity (Wildman–Crippen MR) is 215 cm³/mol. The fraction of sp³-hybridized carbons (Fsp3) is 0.822. The van der Waals surface area contributed by atoms with E-state index in [9.17, 15) is 9.59 Å². The van der Waals surface area contributed by atoms with Gasteiger partial charge in [-0.2, -0.15) is 0 Å². The van der Waals surface area contributed by atoms with Gasteiger partial charge in [-0.3, -0.25) is 9.59 Å². The second-order valence-electron chi connectivity index (χ2n) is 14.2. The summed E-state index contributed by atoms with van der Waals surface area (Å²) in [5, 5.41) is 0. The summed E-state index contributed by atoms with van der Waals surface area (Å²) < 4.78 is 17.2. The topological polar surface area (TPSA) is 61.8 Å². The fourth-order valence-corrected chi connectivity index (χ4v) is 5.99. The Kier molecular flexibility index (Phi) is 40.0. The highest BCUT2D eigenvalue weighted by Gasteiger charge is 2.17. The summed E-state index contributed by atoms with van der Waals surface area (Å²) in [6.07, 6.45) is 47.2. The van der Waals surface area contributed by atoms with Crippen molar-refractivity contribution < 1.29 is 23.8 Å². The van der Waals surface area contributed by atoms with Gasteiger partial charge in [-0.25, -0.2) is 0 Å². The predicted octanol–water partition coefficient (Wildman–Crippen LogP) is 13.9. The van der Waals surface area contributed by atoms with Gasteiger partial charge in [0.2, 0.25) is 0 Å². The first-order valence-electron chi connectivity index (χ1n) is 21.5. The number of hydrogen-bond donors (Lipinski definition) is 0. The molecule has 5 heteroatoms. The Morgan fingerprint density at radius 2 is 0.900 bits per heavy atom. The Balaban J connectivity index is 4.19. The molecule has 0 saturated heterocycles. The van der Waals surface area contributed by atoms with Crippen LogP contribution >= 0.6 is 0 Å². The van der Waals surface area contributed by atoms with Crippen molar-refractivity contribution in [3.05, 3.63) is 36.5 Å². The van der Waals surface area contributed by atoms with E-state index < -0.39 is 6.10 Å². The zero-order valence-electron chi connectivity index (χ0n) is 33.4. The first-order chi connectivity index (χ1) is 24.6. The first-order valence-corrected chi connectivity index (χ1v) is 21.5. The summed E-state index contributed by atoms with van der Waals surface area (Å²) in [5.74, 6) is -0.431. The second kappa shape index (κ2) is 41.5. The Morgan fingerprint density at radius 1 is 0.460 bits per heavy atom. The van der Waals surface area contributed by atoms with Crippen molar-refractivity contribution in [1.29, 1.82) is 0 Å². The van der Waals surface area contributed by atoms with Crippen LogP contribution in [0.3, 0.4) is 0 Å². The molecular weight excluding hydrogens is 620 g/mol. The zero-order valence-corrected chi connectivity index (χ0v) is 33.4. The van der Waals surface area contributed by atoms with Gasteiger partial charge in [-0.05, 0) is 51.4 Å². The summed E-state index contributed by atoms with van der Waals surface area (Å²) in [6, 6.07) is 0. The average Bonchev–Trinajstić information content (AvgIpc) is 3.11. The minimum absolute atomic E-state index is 0.0742. The number of ether oxygens (including phenoxy) is 3. The van der Waals surface area contributed by atoms with E-state index >= 15 is 0 Å². The van der Waals surface area contributed by atoms with Crippen LogP contribution in [0.25, 0.3) is 0 Å². The van der Waals surface area contributed by atoms with E-state index in [1.807, 2.05) is 0 Å². The Morgan fingerprint density at radius 3 is 1.44 bits per heavy atom. The lowest BCUT2D eigenvalue weighted by Crippen LogP contribution is -2.30. The Bertz CT molecular complexity index is 801. The highest BCUT2D eigenvalue weighted by molar-refractivity contribution is 5.70. The molecule has 0 spiro atoms. The van der Waals surface area contributed by atoms with Crippen LogP contribution in [0.2, 0.25) is 0 Å². The van der Waals surface area contributed by atoms with Crippen LogP contribution in [-0.2, 0) is 23.8 Å². The lowest BCUT2D eigenvalue weighted by atomic mass is 10.0. The molecule has 0 aliphatic carbocycles. The van der Waals surface area contributed by atoms with E-state index in [2.05, 4.69) is 57.2 Å². The molecule has 0 fully saturated rings. The van der Waals surface area contributed by atoms with Gasteiger partial charge in [-0.15, -0.1) is 0 Å². The number of rotatable bonds is 39. The van der Waals surface area contributed by atoms with Crippen LogP contribution in [0.4, 0.5) is 0 Å². The number of carbonyl (C=O) groups excluding carboxylic acids is 2. The standard InChI is InChI=1S/C45H82O5/c1-4-7-10-13-16-18-20-22-24-26-28-31-34-37-40-48-41-43(50-45(47)39-36-33-29-15-12-9-6-3)42-49-44(46)38-35-32-30-27-25-23-21-19-17-14-11-8-5-2/h8,11,17,19,23,25,43H,4-7,9-10,12-16,18,20-22,24,26-42H2,1-3H3/b11-8-,19-17-,25-23-. The molecule has 0 bridgehead atoms.